The Hall–Kier alpha value is -0.760. The molecule has 0 spiro atoms. The van der Waals surface area contributed by atoms with Crippen molar-refractivity contribution in [3.63, 3.8) is 0 Å². The summed E-state index contributed by atoms with van der Waals surface area (Å²) in [6.45, 7) is 1.68. The van der Waals surface area contributed by atoms with Crippen molar-refractivity contribution in [2.45, 2.75) is 18.9 Å². The highest BCUT2D eigenvalue weighted by Gasteiger charge is 2.05. The number of aliphatic hydroxyl groups excluding tert-OH is 2. The zero-order chi connectivity index (χ0) is 11.6. The first kappa shape index (κ1) is 13.3. The SMILES string of the molecule is OCCCCNCC(O)COc1cnsn1. The van der Waals surface area contributed by atoms with Crippen molar-refractivity contribution in [3.05, 3.63) is 6.20 Å². The predicted molar refractivity (Wildman–Crippen MR) is 60.6 cm³/mol. The highest BCUT2D eigenvalue weighted by molar-refractivity contribution is 6.99. The molecule has 0 fully saturated rings. The molecule has 0 amide bonds. The number of aliphatic hydroxyl groups is 2. The summed E-state index contributed by atoms with van der Waals surface area (Å²) in [4.78, 5) is 0. The summed E-state index contributed by atoms with van der Waals surface area (Å²) in [5.74, 6) is 0.448. The molecule has 0 aromatic carbocycles. The Labute approximate surface area is 98.6 Å². The zero-order valence-corrected chi connectivity index (χ0v) is 9.82. The van der Waals surface area contributed by atoms with E-state index < -0.39 is 6.10 Å². The van der Waals surface area contributed by atoms with Gasteiger partial charge in [-0.25, -0.2) is 0 Å². The molecule has 1 heterocycles. The minimum Gasteiger partial charge on any atom is -0.473 e. The van der Waals surface area contributed by atoms with Crippen LogP contribution in [0.4, 0.5) is 0 Å². The van der Waals surface area contributed by atoms with Gasteiger partial charge in [-0.1, -0.05) is 0 Å². The number of unbranched alkanes of at least 4 members (excludes halogenated alkanes) is 1. The highest BCUT2D eigenvalue weighted by Crippen LogP contribution is 2.04. The van der Waals surface area contributed by atoms with Gasteiger partial charge >= 0.3 is 0 Å². The number of rotatable bonds is 9. The van der Waals surface area contributed by atoms with Crippen LogP contribution in [0.5, 0.6) is 5.88 Å². The van der Waals surface area contributed by atoms with Gasteiger partial charge in [-0.05, 0) is 19.4 Å². The van der Waals surface area contributed by atoms with Gasteiger partial charge in [0, 0.05) is 13.2 Å². The molecule has 0 bridgehead atoms. The van der Waals surface area contributed by atoms with Crippen molar-refractivity contribution in [2.24, 2.45) is 0 Å². The minimum atomic E-state index is -0.559. The molecule has 0 aliphatic heterocycles. The van der Waals surface area contributed by atoms with Crippen LogP contribution in [0.3, 0.4) is 0 Å². The lowest BCUT2D eigenvalue weighted by Crippen LogP contribution is -2.32. The van der Waals surface area contributed by atoms with Gasteiger partial charge in [0.15, 0.2) is 0 Å². The maximum atomic E-state index is 9.52. The third-order valence-corrected chi connectivity index (χ3v) is 2.37. The molecule has 1 rings (SSSR count). The van der Waals surface area contributed by atoms with Crippen molar-refractivity contribution < 1.29 is 14.9 Å². The smallest absolute Gasteiger partial charge is 0.245 e. The Morgan fingerprint density at radius 3 is 3.06 bits per heavy atom. The van der Waals surface area contributed by atoms with Crippen LogP contribution in [0.15, 0.2) is 6.20 Å². The summed E-state index contributed by atoms with van der Waals surface area (Å²) < 4.78 is 12.8. The lowest BCUT2D eigenvalue weighted by molar-refractivity contribution is 0.104. The van der Waals surface area contributed by atoms with Crippen LogP contribution in [0.1, 0.15) is 12.8 Å². The van der Waals surface area contributed by atoms with Gasteiger partial charge in [0.2, 0.25) is 5.88 Å². The van der Waals surface area contributed by atoms with Gasteiger partial charge in [-0.3, -0.25) is 0 Å². The minimum absolute atomic E-state index is 0.207. The molecule has 7 heteroatoms. The lowest BCUT2D eigenvalue weighted by atomic mass is 10.3. The fraction of sp³-hybridized carbons (Fsp3) is 0.778. The van der Waals surface area contributed by atoms with Crippen LogP contribution in [-0.2, 0) is 0 Å². The molecule has 0 radical (unpaired) electrons. The van der Waals surface area contributed by atoms with Crippen molar-refractivity contribution >= 4 is 11.7 Å². The molecule has 0 saturated heterocycles. The second kappa shape index (κ2) is 8.40. The second-order valence-electron chi connectivity index (χ2n) is 3.35. The van der Waals surface area contributed by atoms with E-state index in [0.717, 1.165) is 31.1 Å². The van der Waals surface area contributed by atoms with E-state index in [4.69, 9.17) is 9.84 Å². The molecule has 1 atom stereocenters. The quantitative estimate of drug-likeness (QED) is 0.517. The van der Waals surface area contributed by atoms with Gasteiger partial charge in [-0.2, -0.15) is 4.37 Å². The first-order valence-electron chi connectivity index (χ1n) is 5.23. The molecule has 6 nitrogen and oxygen atoms in total. The van der Waals surface area contributed by atoms with E-state index in [2.05, 4.69) is 14.1 Å². The Morgan fingerprint density at radius 1 is 1.50 bits per heavy atom. The van der Waals surface area contributed by atoms with E-state index in [1.165, 1.54) is 6.20 Å². The first-order valence-corrected chi connectivity index (χ1v) is 5.96. The van der Waals surface area contributed by atoms with Crippen molar-refractivity contribution in [2.75, 3.05) is 26.3 Å². The molecule has 1 unspecified atom stereocenters. The Bertz CT molecular complexity index is 259. The normalized spacial score (nSPS) is 12.6. The number of nitrogens with zero attached hydrogens (tertiary/aromatic N) is 2. The van der Waals surface area contributed by atoms with E-state index in [9.17, 15) is 5.11 Å². The predicted octanol–water partition coefficient (Wildman–Crippen LogP) is -0.360. The summed E-state index contributed by atoms with van der Waals surface area (Å²) in [5, 5.41) is 21.2. The Kier molecular flexibility index (Phi) is 6.98. The summed E-state index contributed by atoms with van der Waals surface area (Å²) in [7, 11) is 0. The number of aromatic nitrogens is 2. The standard InChI is InChI=1S/C9H17N3O3S/c13-4-2-1-3-10-5-8(14)7-15-9-6-11-16-12-9/h6,8,10,13-14H,1-5,7H2. The van der Waals surface area contributed by atoms with Crippen LogP contribution in [0.2, 0.25) is 0 Å². The van der Waals surface area contributed by atoms with Gasteiger partial charge in [0.25, 0.3) is 0 Å². The lowest BCUT2D eigenvalue weighted by Gasteiger charge is -2.11. The fourth-order valence-electron chi connectivity index (χ4n) is 1.09. The van der Waals surface area contributed by atoms with Crippen molar-refractivity contribution in [1.29, 1.82) is 0 Å². The number of hydrogen-bond donors (Lipinski definition) is 3. The molecule has 1 aromatic rings. The van der Waals surface area contributed by atoms with Crippen LogP contribution in [0.25, 0.3) is 0 Å². The van der Waals surface area contributed by atoms with E-state index in [-0.39, 0.29) is 13.2 Å². The second-order valence-corrected chi connectivity index (χ2v) is 3.90. The number of hydrogen-bond acceptors (Lipinski definition) is 7. The van der Waals surface area contributed by atoms with Crippen molar-refractivity contribution in [1.82, 2.24) is 14.1 Å². The highest BCUT2D eigenvalue weighted by atomic mass is 32.1. The zero-order valence-electron chi connectivity index (χ0n) is 9.00. The average molecular weight is 247 g/mol. The molecule has 1 aromatic heterocycles. The molecular formula is C9H17N3O3S. The third kappa shape index (κ3) is 5.96. The fourth-order valence-corrected chi connectivity index (χ4v) is 1.46. The monoisotopic (exact) mass is 247 g/mol. The largest absolute Gasteiger partial charge is 0.473 e. The topological polar surface area (TPSA) is 87.5 Å². The van der Waals surface area contributed by atoms with E-state index in [1.54, 1.807) is 0 Å². The summed E-state index contributed by atoms with van der Waals surface area (Å²) >= 11 is 1.07. The first-order chi connectivity index (χ1) is 7.83. The third-order valence-electron chi connectivity index (χ3n) is 1.91. The van der Waals surface area contributed by atoms with Gasteiger partial charge < -0.3 is 20.3 Å². The molecule has 92 valence electrons. The van der Waals surface area contributed by atoms with Crippen LogP contribution in [-0.4, -0.2) is 51.4 Å². The maximum Gasteiger partial charge on any atom is 0.245 e. The van der Waals surface area contributed by atoms with Crippen LogP contribution >= 0.6 is 11.7 Å². The van der Waals surface area contributed by atoms with E-state index >= 15 is 0 Å². The van der Waals surface area contributed by atoms with Crippen molar-refractivity contribution in [3.8, 4) is 5.88 Å². The Balaban J connectivity index is 1.96. The average Bonchev–Trinajstić information content (AvgIpc) is 2.79. The molecule has 0 aliphatic rings. The summed E-state index contributed by atoms with van der Waals surface area (Å²) in [5.41, 5.74) is 0. The van der Waals surface area contributed by atoms with Crippen LogP contribution < -0.4 is 10.1 Å². The van der Waals surface area contributed by atoms with E-state index in [1.807, 2.05) is 0 Å². The Morgan fingerprint density at radius 2 is 2.38 bits per heavy atom. The number of nitrogens with one attached hydrogen (secondary N) is 1. The summed E-state index contributed by atoms with van der Waals surface area (Å²) in [6.07, 6.45) is 2.65. The number of ether oxygens (including phenoxy) is 1. The molecule has 16 heavy (non-hydrogen) atoms. The van der Waals surface area contributed by atoms with E-state index in [0.29, 0.717) is 12.4 Å². The molecular weight excluding hydrogens is 230 g/mol. The molecule has 0 saturated carbocycles. The maximum absolute atomic E-state index is 9.52. The van der Waals surface area contributed by atoms with Gasteiger partial charge in [-0.15, -0.1) is 4.37 Å². The van der Waals surface area contributed by atoms with Crippen LogP contribution in [0, 0.1) is 0 Å². The van der Waals surface area contributed by atoms with Gasteiger partial charge in [0.05, 0.1) is 11.7 Å². The van der Waals surface area contributed by atoms with Gasteiger partial charge in [0.1, 0.15) is 18.9 Å². The molecule has 3 N–H and O–H groups in total. The summed E-state index contributed by atoms with van der Waals surface area (Å²) in [6, 6.07) is 0. The molecule has 0 aliphatic carbocycles.